The first-order chi connectivity index (χ1) is 7.42. The summed E-state index contributed by atoms with van der Waals surface area (Å²) in [5.74, 6) is -0.575. The molecule has 88 valence electrons. The highest BCUT2D eigenvalue weighted by Crippen LogP contribution is 2.43. The molecular weight excluding hydrogens is 208 g/mol. The lowest BCUT2D eigenvalue weighted by Crippen LogP contribution is -2.44. The molecule has 2 bridgehead atoms. The van der Waals surface area contributed by atoms with Crippen molar-refractivity contribution in [2.24, 2.45) is 5.92 Å². The van der Waals surface area contributed by atoms with Gasteiger partial charge in [0.25, 0.3) is 0 Å². The highest BCUT2D eigenvalue weighted by molar-refractivity contribution is 5.87. The zero-order valence-corrected chi connectivity index (χ0v) is 9.62. The number of carbonyl (C=O) groups is 2. The Kier molecular flexibility index (Phi) is 2.52. The minimum atomic E-state index is -0.634. The van der Waals surface area contributed by atoms with Crippen molar-refractivity contribution in [2.75, 3.05) is 0 Å². The molecule has 1 aliphatic carbocycles. The van der Waals surface area contributed by atoms with E-state index >= 15 is 0 Å². The van der Waals surface area contributed by atoms with Crippen LogP contribution in [0.5, 0.6) is 0 Å². The van der Waals surface area contributed by atoms with E-state index in [2.05, 4.69) is 6.58 Å². The molecule has 2 rings (SSSR count). The van der Waals surface area contributed by atoms with E-state index < -0.39 is 11.6 Å². The van der Waals surface area contributed by atoms with Crippen molar-refractivity contribution in [3.8, 4) is 0 Å². The summed E-state index contributed by atoms with van der Waals surface area (Å²) in [5, 5.41) is 0. The maximum absolute atomic E-state index is 11.4. The van der Waals surface area contributed by atoms with Gasteiger partial charge in [-0.25, -0.2) is 4.79 Å². The van der Waals surface area contributed by atoms with Gasteiger partial charge in [-0.3, -0.25) is 4.79 Å². The minimum Gasteiger partial charge on any atom is -0.455 e. The molecule has 0 aromatic carbocycles. The lowest BCUT2D eigenvalue weighted by molar-refractivity contribution is -0.170. The van der Waals surface area contributed by atoms with Gasteiger partial charge >= 0.3 is 11.9 Å². The third kappa shape index (κ3) is 1.72. The van der Waals surface area contributed by atoms with Gasteiger partial charge in [-0.1, -0.05) is 6.58 Å². The van der Waals surface area contributed by atoms with Crippen LogP contribution in [0.2, 0.25) is 0 Å². The smallest absolute Gasteiger partial charge is 0.333 e. The van der Waals surface area contributed by atoms with Crippen molar-refractivity contribution < 1.29 is 19.1 Å². The lowest BCUT2D eigenvalue weighted by atomic mass is 9.80. The van der Waals surface area contributed by atoms with Crippen LogP contribution < -0.4 is 0 Å². The van der Waals surface area contributed by atoms with Gasteiger partial charge in [0.1, 0.15) is 11.7 Å². The Labute approximate surface area is 94.6 Å². The van der Waals surface area contributed by atoms with Crippen molar-refractivity contribution in [1.29, 1.82) is 0 Å². The Morgan fingerprint density at radius 1 is 1.56 bits per heavy atom. The average Bonchev–Trinajstić information content (AvgIpc) is 2.43. The quantitative estimate of drug-likeness (QED) is 0.528. The van der Waals surface area contributed by atoms with Crippen LogP contribution in [-0.4, -0.2) is 23.6 Å². The van der Waals surface area contributed by atoms with Crippen molar-refractivity contribution >= 4 is 11.9 Å². The van der Waals surface area contributed by atoms with Crippen LogP contribution >= 0.6 is 0 Å². The highest BCUT2D eigenvalue weighted by Gasteiger charge is 2.53. The van der Waals surface area contributed by atoms with E-state index in [4.69, 9.17) is 9.47 Å². The predicted octanol–water partition coefficient (Wildman–Crippen LogP) is 1.59. The number of ether oxygens (including phenoxy) is 2. The minimum absolute atomic E-state index is 0.00946. The van der Waals surface area contributed by atoms with Crippen LogP contribution in [0.3, 0.4) is 0 Å². The van der Waals surface area contributed by atoms with Crippen LogP contribution in [0.4, 0.5) is 0 Å². The number of fused-ring (bicyclic) bond motifs is 2. The topological polar surface area (TPSA) is 52.6 Å². The number of esters is 2. The third-order valence-electron chi connectivity index (χ3n) is 3.37. The molecule has 0 amide bonds. The van der Waals surface area contributed by atoms with Gasteiger partial charge in [-0.15, -0.1) is 0 Å². The molecule has 1 saturated carbocycles. The molecule has 4 heteroatoms. The number of rotatable bonds is 2. The van der Waals surface area contributed by atoms with Gasteiger partial charge in [0.05, 0.1) is 5.92 Å². The zero-order chi connectivity index (χ0) is 11.9. The summed E-state index contributed by atoms with van der Waals surface area (Å²) in [6, 6.07) is 0. The second-order valence-corrected chi connectivity index (χ2v) is 4.89. The van der Waals surface area contributed by atoms with Crippen molar-refractivity contribution in [1.82, 2.24) is 0 Å². The molecule has 0 radical (unpaired) electrons. The molecule has 1 aliphatic heterocycles. The van der Waals surface area contributed by atoms with E-state index in [1.807, 2.05) is 6.92 Å². The molecular formula is C12H16O4. The molecule has 4 nitrogen and oxygen atoms in total. The third-order valence-corrected chi connectivity index (χ3v) is 3.37. The molecule has 0 N–H and O–H groups in total. The summed E-state index contributed by atoms with van der Waals surface area (Å²) >= 11 is 0. The summed E-state index contributed by atoms with van der Waals surface area (Å²) in [6.07, 6.45) is 1.74. The zero-order valence-electron chi connectivity index (χ0n) is 9.62. The fourth-order valence-corrected chi connectivity index (χ4v) is 2.42. The van der Waals surface area contributed by atoms with Crippen LogP contribution in [0.25, 0.3) is 0 Å². The van der Waals surface area contributed by atoms with Gasteiger partial charge < -0.3 is 9.47 Å². The predicted molar refractivity (Wildman–Crippen MR) is 56.5 cm³/mol. The van der Waals surface area contributed by atoms with E-state index in [1.54, 1.807) is 6.92 Å². The number of hydrogen-bond acceptors (Lipinski definition) is 4. The van der Waals surface area contributed by atoms with Gasteiger partial charge in [-0.05, 0) is 26.7 Å². The van der Waals surface area contributed by atoms with Gasteiger partial charge in [-0.2, -0.15) is 0 Å². The van der Waals surface area contributed by atoms with Crippen LogP contribution in [0.1, 0.15) is 33.1 Å². The Morgan fingerprint density at radius 2 is 2.25 bits per heavy atom. The molecule has 3 unspecified atom stereocenters. The van der Waals surface area contributed by atoms with E-state index in [-0.39, 0.29) is 18.0 Å². The molecule has 0 spiro atoms. The first kappa shape index (κ1) is 11.2. The van der Waals surface area contributed by atoms with E-state index in [0.29, 0.717) is 18.4 Å². The second kappa shape index (κ2) is 3.61. The molecule has 2 aliphatic rings. The van der Waals surface area contributed by atoms with Gasteiger partial charge in [0.15, 0.2) is 0 Å². The normalized spacial score (nSPS) is 36.8. The fraction of sp³-hybridized carbons (Fsp3) is 0.667. The van der Waals surface area contributed by atoms with E-state index in [0.717, 1.165) is 6.42 Å². The molecule has 0 aromatic rings. The standard InChI is InChI=1S/C12H16O4/c1-7(2)10(13)15-9-5-4-8-6-12(9,3)16-11(8)14/h8-9H,1,4-6H2,2-3H3. The van der Waals surface area contributed by atoms with Crippen LogP contribution in [0, 0.1) is 5.92 Å². The molecule has 0 aromatic heterocycles. The second-order valence-electron chi connectivity index (χ2n) is 4.89. The van der Waals surface area contributed by atoms with Crippen molar-refractivity contribution in [3.05, 3.63) is 12.2 Å². The SMILES string of the molecule is C=C(C)C(=O)OC1CCC2CC1(C)OC2=O. The molecule has 2 fully saturated rings. The first-order valence-electron chi connectivity index (χ1n) is 5.52. The van der Waals surface area contributed by atoms with E-state index in [9.17, 15) is 9.59 Å². The van der Waals surface area contributed by atoms with Crippen molar-refractivity contribution in [3.63, 3.8) is 0 Å². The van der Waals surface area contributed by atoms with Crippen LogP contribution in [0.15, 0.2) is 12.2 Å². The molecule has 1 heterocycles. The van der Waals surface area contributed by atoms with E-state index in [1.165, 1.54) is 0 Å². The highest BCUT2D eigenvalue weighted by atomic mass is 16.6. The number of carbonyl (C=O) groups excluding carboxylic acids is 2. The van der Waals surface area contributed by atoms with Gasteiger partial charge in [0, 0.05) is 12.0 Å². The number of hydrogen-bond donors (Lipinski definition) is 0. The Bertz CT molecular complexity index is 360. The summed E-state index contributed by atoms with van der Waals surface area (Å²) in [5.41, 5.74) is -0.263. The summed E-state index contributed by atoms with van der Waals surface area (Å²) in [6.45, 7) is 6.98. The molecule has 16 heavy (non-hydrogen) atoms. The molecule has 3 atom stereocenters. The van der Waals surface area contributed by atoms with Crippen molar-refractivity contribution in [2.45, 2.75) is 44.8 Å². The fourth-order valence-electron chi connectivity index (χ4n) is 2.42. The summed E-state index contributed by atoms with van der Waals surface area (Å²) in [7, 11) is 0. The average molecular weight is 224 g/mol. The Morgan fingerprint density at radius 3 is 2.88 bits per heavy atom. The lowest BCUT2D eigenvalue weighted by Gasteiger charge is -2.34. The summed E-state index contributed by atoms with van der Waals surface area (Å²) in [4.78, 5) is 22.9. The maximum atomic E-state index is 11.4. The van der Waals surface area contributed by atoms with Gasteiger partial charge in [0.2, 0.25) is 0 Å². The molecule has 1 saturated heterocycles. The van der Waals surface area contributed by atoms with Crippen LogP contribution in [-0.2, 0) is 19.1 Å². The maximum Gasteiger partial charge on any atom is 0.333 e. The Hall–Kier alpha value is -1.32. The first-order valence-corrected chi connectivity index (χ1v) is 5.52. The monoisotopic (exact) mass is 224 g/mol. The Balaban J connectivity index is 2.09. The summed E-state index contributed by atoms with van der Waals surface area (Å²) < 4.78 is 10.6. The largest absolute Gasteiger partial charge is 0.455 e.